The number of halogens is 3. The van der Waals surface area contributed by atoms with Crippen molar-refractivity contribution in [3.05, 3.63) is 60.2 Å². The Bertz CT molecular complexity index is 1140. The fourth-order valence-corrected chi connectivity index (χ4v) is 5.33. The first kappa shape index (κ1) is 24.9. The van der Waals surface area contributed by atoms with E-state index in [1.54, 1.807) is 49.5 Å². The van der Waals surface area contributed by atoms with Crippen LogP contribution < -0.4 is 5.32 Å². The van der Waals surface area contributed by atoms with Gasteiger partial charge in [-0.3, -0.25) is 14.6 Å². The summed E-state index contributed by atoms with van der Waals surface area (Å²) in [6.07, 6.45) is 3.02. The van der Waals surface area contributed by atoms with Crippen LogP contribution in [0.4, 0.5) is 13.2 Å². The van der Waals surface area contributed by atoms with E-state index in [9.17, 15) is 14.0 Å². The fraction of sp³-hybridized carbons (Fsp3) is 0.423. The monoisotopic (exact) mass is 488 g/mol. The molecule has 2 fully saturated rings. The van der Waals surface area contributed by atoms with E-state index in [0.29, 0.717) is 16.8 Å². The summed E-state index contributed by atoms with van der Waals surface area (Å²) in [7, 11) is 0. The first-order valence-electron chi connectivity index (χ1n) is 11.5. The van der Waals surface area contributed by atoms with Gasteiger partial charge in [-0.05, 0) is 42.7 Å². The summed E-state index contributed by atoms with van der Waals surface area (Å²) >= 11 is 0. The Labute approximate surface area is 201 Å². The van der Waals surface area contributed by atoms with Crippen LogP contribution in [-0.4, -0.2) is 47.1 Å². The Morgan fingerprint density at radius 3 is 2.69 bits per heavy atom. The van der Waals surface area contributed by atoms with Crippen LogP contribution in [-0.2, 0) is 14.3 Å². The molecule has 0 unspecified atom stereocenters. The minimum Gasteiger partial charge on any atom is -0.461 e. The highest BCUT2D eigenvalue weighted by atomic mass is 19.3. The van der Waals surface area contributed by atoms with E-state index in [1.807, 2.05) is 0 Å². The lowest BCUT2D eigenvalue weighted by atomic mass is 9.56. The number of amides is 1. The molecule has 1 aromatic heterocycles. The summed E-state index contributed by atoms with van der Waals surface area (Å²) in [6.45, 7) is 2.47. The molecule has 1 aliphatic heterocycles. The molecule has 5 atom stereocenters. The number of alkyl halides is 2. The van der Waals surface area contributed by atoms with Crippen molar-refractivity contribution < 1.29 is 32.6 Å². The molecule has 1 aromatic carbocycles. The molecule has 1 saturated carbocycles. The molecule has 2 heterocycles. The number of pyridine rings is 1. The van der Waals surface area contributed by atoms with E-state index >= 15 is 8.78 Å². The molecule has 2 N–H and O–H groups in total. The number of hydrogen-bond acceptors (Lipinski definition) is 5. The molecule has 0 radical (unpaired) electrons. The van der Waals surface area contributed by atoms with Crippen LogP contribution in [0.3, 0.4) is 0 Å². The highest BCUT2D eigenvalue weighted by Crippen LogP contribution is 2.59. The Hall–Kier alpha value is -3.20. The zero-order valence-electron chi connectivity index (χ0n) is 19.4. The highest BCUT2D eigenvalue weighted by molar-refractivity contribution is 6.05. The molecule has 1 amide bonds. The maximum atomic E-state index is 15.2. The fourth-order valence-electron chi connectivity index (χ4n) is 5.33. The van der Waals surface area contributed by atoms with Crippen molar-refractivity contribution in [2.24, 2.45) is 23.2 Å². The number of aliphatic hydroxyl groups is 1. The van der Waals surface area contributed by atoms with Crippen LogP contribution in [0.2, 0.25) is 0 Å². The van der Waals surface area contributed by atoms with Crippen molar-refractivity contribution in [3.63, 3.8) is 0 Å². The smallest absolute Gasteiger partial charge is 0.322 e. The number of esters is 1. The lowest BCUT2D eigenvalue weighted by Crippen LogP contribution is -2.59. The number of allylic oxidation sites excluding steroid dienone is 1. The van der Waals surface area contributed by atoms with Crippen molar-refractivity contribution in [2.75, 3.05) is 13.2 Å². The molecule has 2 aromatic rings. The zero-order chi connectivity index (χ0) is 25.4. The number of nitrogens with one attached hydrogen (secondary N) is 1. The summed E-state index contributed by atoms with van der Waals surface area (Å²) in [5.74, 6) is -8.32. The predicted octanol–water partition coefficient (Wildman–Crippen LogP) is 3.85. The van der Waals surface area contributed by atoms with Gasteiger partial charge in [0.15, 0.2) is 5.41 Å². The van der Waals surface area contributed by atoms with Crippen LogP contribution in [0.1, 0.15) is 26.0 Å². The lowest BCUT2D eigenvalue weighted by molar-refractivity contribution is -0.178. The molecule has 1 aliphatic carbocycles. The summed E-state index contributed by atoms with van der Waals surface area (Å²) < 4.78 is 49.2. The van der Waals surface area contributed by atoms with Crippen LogP contribution in [0, 0.1) is 29.0 Å². The van der Waals surface area contributed by atoms with Crippen LogP contribution in [0.25, 0.3) is 17.2 Å². The van der Waals surface area contributed by atoms with E-state index < -0.39 is 53.5 Å². The van der Waals surface area contributed by atoms with E-state index in [2.05, 4.69) is 10.3 Å². The Balaban J connectivity index is 1.66. The van der Waals surface area contributed by atoms with Crippen molar-refractivity contribution >= 4 is 18.0 Å². The number of hydrogen-bond donors (Lipinski definition) is 2. The van der Waals surface area contributed by atoms with E-state index in [0.717, 1.165) is 0 Å². The van der Waals surface area contributed by atoms with Crippen molar-refractivity contribution in [3.8, 4) is 11.1 Å². The molecule has 2 aliphatic rings. The number of nitrogens with zero attached hydrogens (tertiary/aromatic N) is 1. The zero-order valence-corrected chi connectivity index (χ0v) is 19.4. The Morgan fingerprint density at radius 1 is 1.26 bits per heavy atom. The maximum Gasteiger partial charge on any atom is 0.322 e. The first-order valence-corrected chi connectivity index (χ1v) is 11.5. The van der Waals surface area contributed by atoms with Crippen molar-refractivity contribution in [1.29, 1.82) is 0 Å². The quantitative estimate of drug-likeness (QED) is 0.477. The normalized spacial score (nSPS) is 29.6. The number of benzene rings is 1. The average molecular weight is 489 g/mol. The largest absolute Gasteiger partial charge is 0.461 e. The second-order valence-electron chi connectivity index (χ2n) is 9.23. The minimum absolute atomic E-state index is 0.155. The van der Waals surface area contributed by atoms with E-state index in [1.165, 1.54) is 19.1 Å². The number of cyclic esters (lactones) is 1. The number of ether oxygens (including phenoxy) is 1. The molecule has 6 nitrogen and oxygen atoms in total. The molecular weight excluding hydrogens is 461 g/mol. The average Bonchev–Trinajstić information content (AvgIpc) is 3.07. The van der Waals surface area contributed by atoms with Gasteiger partial charge in [0.1, 0.15) is 11.9 Å². The van der Waals surface area contributed by atoms with Gasteiger partial charge in [0.05, 0.1) is 12.3 Å². The number of rotatable bonds is 6. The van der Waals surface area contributed by atoms with Gasteiger partial charge in [0.25, 0.3) is 5.92 Å². The van der Waals surface area contributed by atoms with Gasteiger partial charge in [0, 0.05) is 36.6 Å². The second-order valence-corrected chi connectivity index (χ2v) is 9.23. The third-order valence-electron chi connectivity index (χ3n) is 7.14. The molecule has 1 saturated heterocycles. The SMILES string of the molecule is C[C@H]1OC(=O)[C@]2(C(=O)NCCO)CC(F)(F)[C@@H](C)[C@H](/C=C/c3ccc(-c4cccc(F)c4)cn3)[C@H]12. The molecule has 4 rings (SSSR count). The van der Waals surface area contributed by atoms with Gasteiger partial charge in [-0.1, -0.05) is 31.2 Å². The van der Waals surface area contributed by atoms with Gasteiger partial charge in [-0.25, -0.2) is 13.2 Å². The summed E-state index contributed by atoms with van der Waals surface area (Å²) in [5, 5.41) is 11.5. The number of carbonyl (C=O) groups excluding carboxylic acids is 2. The molecule has 0 spiro atoms. The standard InChI is InChI=1S/C26H27F3N2O4/c1-15-21(9-8-20-7-6-18(13-31-20)17-4-3-5-19(27)12-17)22-16(2)35-24(34)25(22,14-26(15,28)29)23(33)30-10-11-32/h3-9,12-13,15-16,21-22,32H,10-11,14H2,1-2H3,(H,30,33)/b9-8+/t15-,16+,21-,22-,25+/m0/s1. The first-order chi connectivity index (χ1) is 16.6. The summed E-state index contributed by atoms with van der Waals surface area (Å²) in [5.41, 5.74) is -0.210. The van der Waals surface area contributed by atoms with Crippen LogP contribution in [0.5, 0.6) is 0 Å². The number of carbonyl (C=O) groups is 2. The van der Waals surface area contributed by atoms with Gasteiger partial charge >= 0.3 is 5.97 Å². The second kappa shape index (κ2) is 9.45. The van der Waals surface area contributed by atoms with Gasteiger partial charge < -0.3 is 15.2 Å². The van der Waals surface area contributed by atoms with Crippen LogP contribution >= 0.6 is 0 Å². The molecular formula is C26H27F3N2O4. The van der Waals surface area contributed by atoms with Crippen molar-refractivity contribution in [1.82, 2.24) is 10.3 Å². The van der Waals surface area contributed by atoms with Gasteiger partial charge in [-0.15, -0.1) is 0 Å². The van der Waals surface area contributed by atoms with Crippen LogP contribution in [0.15, 0.2) is 48.7 Å². The lowest BCUT2D eigenvalue weighted by Gasteiger charge is -2.46. The highest BCUT2D eigenvalue weighted by Gasteiger charge is 2.71. The number of aromatic nitrogens is 1. The van der Waals surface area contributed by atoms with Gasteiger partial charge in [-0.2, -0.15) is 0 Å². The molecule has 0 bridgehead atoms. The molecule has 35 heavy (non-hydrogen) atoms. The minimum atomic E-state index is -3.31. The number of aliphatic hydroxyl groups excluding tert-OH is 1. The van der Waals surface area contributed by atoms with E-state index in [-0.39, 0.29) is 19.0 Å². The third kappa shape index (κ3) is 4.45. The predicted molar refractivity (Wildman–Crippen MR) is 122 cm³/mol. The summed E-state index contributed by atoms with van der Waals surface area (Å²) in [4.78, 5) is 30.2. The number of fused-ring (bicyclic) bond motifs is 1. The topological polar surface area (TPSA) is 88.5 Å². The Kier molecular flexibility index (Phi) is 6.73. The van der Waals surface area contributed by atoms with Gasteiger partial charge in [0.2, 0.25) is 5.91 Å². The van der Waals surface area contributed by atoms with E-state index in [4.69, 9.17) is 9.84 Å². The summed E-state index contributed by atoms with van der Waals surface area (Å²) in [6, 6.07) is 9.51. The molecule has 9 heteroatoms. The maximum absolute atomic E-state index is 15.2. The third-order valence-corrected chi connectivity index (χ3v) is 7.14. The molecule has 186 valence electrons. The Morgan fingerprint density at radius 2 is 2.03 bits per heavy atom. The van der Waals surface area contributed by atoms with Crippen molar-refractivity contribution in [2.45, 2.75) is 32.3 Å².